The number of thiol groups is 1. The number of phenolic OH excluding ortho intramolecular Hbond substituents is 1. The molecular weight excluding hydrogens is 259 g/mol. The number of hydrogen-bond acceptors (Lipinski definition) is 3. The van der Waals surface area contributed by atoms with Gasteiger partial charge in [0, 0.05) is 4.90 Å². The molecular formula is C11H19FN2O3S. The van der Waals surface area contributed by atoms with Gasteiger partial charge in [0.15, 0.2) is 0 Å². The molecule has 2 rings (SSSR count). The number of aliphatic imine (C=N–C) groups is 1. The first-order chi connectivity index (χ1) is 7.68. The SMILES string of the molecule is CF.NC(=NC1CC1)c1c(O)cccc1S.O.O. The summed E-state index contributed by atoms with van der Waals surface area (Å²) < 4.78 is 9.50. The third kappa shape index (κ3) is 4.91. The van der Waals surface area contributed by atoms with E-state index in [2.05, 4.69) is 17.6 Å². The lowest BCUT2D eigenvalue weighted by Gasteiger charge is -2.06. The van der Waals surface area contributed by atoms with Crippen LogP contribution in [0.15, 0.2) is 28.1 Å². The molecule has 0 bridgehead atoms. The lowest BCUT2D eigenvalue weighted by atomic mass is 10.2. The molecule has 0 atom stereocenters. The summed E-state index contributed by atoms with van der Waals surface area (Å²) >= 11 is 4.23. The number of aromatic hydroxyl groups is 1. The Morgan fingerprint density at radius 3 is 2.39 bits per heavy atom. The van der Waals surface area contributed by atoms with E-state index in [1.165, 1.54) is 0 Å². The van der Waals surface area contributed by atoms with Crippen LogP contribution in [0.1, 0.15) is 18.4 Å². The molecule has 18 heavy (non-hydrogen) atoms. The van der Waals surface area contributed by atoms with E-state index >= 15 is 0 Å². The molecule has 0 aliphatic heterocycles. The van der Waals surface area contributed by atoms with E-state index in [0.717, 1.165) is 12.8 Å². The summed E-state index contributed by atoms with van der Waals surface area (Å²) in [6, 6.07) is 5.45. The van der Waals surface area contributed by atoms with Gasteiger partial charge < -0.3 is 21.8 Å². The molecule has 1 aromatic rings. The summed E-state index contributed by atoms with van der Waals surface area (Å²) in [6.45, 7) is 0. The summed E-state index contributed by atoms with van der Waals surface area (Å²) in [5, 5.41) is 9.59. The van der Waals surface area contributed by atoms with Gasteiger partial charge in [0.1, 0.15) is 11.6 Å². The second-order valence-corrected chi connectivity index (χ2v) is 3.90. The maximum absolute atomic E-state index is 9.59. The van der Waals surface area contributed by atoms with Crippen molar-refractivity contribution in [3.05, 3.63) is 23.8 Å². The maximum atomic E-state index is 9.59. The first-order valence-corrected chi connectivity index (χ1v) is 5.35. The highest BCUT2D eigenvalue weighted by Gasteiger charge is 2.21. The van der Waals surface area contributed by atoms with Gasteiger partial charge in [-0.05, 0) is 25.0 Å². The van der Waals surface area contributed by atoms with Crippen molar-refractivity contribution in [1.29, 1.82) is 0 Å². The molecule has 1 aliphatic rings. The lowest BCUT2D eigenvalue weighted by Crippen LogP contribution is -2.15. The van der Waals surface area contributed by atoms with E-state index in [1.54, 1.807) is 18.2 Å². The Hall–Kier alpha value is -1.31. The Kier molecular flexibility index (Phi) is 9.24. The Bertz CT molecular complexity index is 378. The minimum atomic E-state index is 0. The van der Waals surface area contributed by atoms with Crippen molar-refractivity contribution >= 4 is 18.5 Å². The van der Waals surface area contributed by atoms with Crippen LogP contribution < -0.4 is 5.73 Å². The van der Waals surface area contributed by atoms with Crippen LogP contribution in [-0.2, 0) is 0 Å². The van der Waals surface area contributed by atoms with Gasteiger partial charge >= 0.3 is 0 Å². The molecule has 5 nitrogen and oxygen atoms in total. The molecule has 0 amide bonds. The summed E-state index contributed by atoms with van der Waals surface area (Å²) in [7, 11) is 0.500. The minimum absolute atomic E-state index is 0. The highest BCUT2D eigenvalue weighted by Crippen LogP contribution is 2.27. The monoisotopic (exact) mass is 278 g/mol. The van der Waals surface area contributed by atoms with Gasteiger partial charge in [0.05, 0.1) is 18.8 Å². The van der Waals surface area contributed by atoms with E-state index in [0.29, 0.717) is 29.5 Å². The molecule has 0 aromatic heterocycles. The summed E-state index contributed by atoms with van der Waals surface area (Å²) in [6.07, 6.45) is 2.19. The van der Waals surface area contributed by atoms with Crippen LogP contribution in [-0.4, -0.2) is 35.1 Å². The Balaban J connectivity index is 0. The number of rotatable bonds is 2. The summed E-state index contributed by atoms with van der Waals surface area (Å²) in [4.78, 5) is 4.93. The number of hydrogen-bond donors (Lipinski definition) is 3. The average molecular weight is 278 g/mol. The number of nitrogens with zero attached hydrogens (tertiary/aromatic N) is 1. The molecule has 1 saturated carbocycles. The molecule has 104 valence electrons. The van der Waals surface area contributed by atoms with E-state index in [1.807, 2.05) is 0 Å². The van der Waals surface area contributed by atoms with Crippen molar-refractivity contribution in [3.8, 4) is 5.75 Å². The third-order valence-corrected chi connectivity index (χ3v) is 2.52. The van der Waals surface area contributed by atoms with Crippen molar-refractivity contribution in [1.82, 2.24) is 0 Å². The van der Waals surface area contributed by atoms with E-state index < -0.39 is 0 Å². The highest BCUT2D eigenvalue weighted by atomic mass is 32.1. The lowest BCUT2D eigenvalue weighted by molar-refractivity contribution is 0.472. The van der Waals surface area contributed by atoms with Gasteiger partial charge in [-0.15, -0.1) is 12.6 Å². The van der Waals surface area contributed by atoms with Crippen molar-refractivity contribution in [2.45, 2.75) is 23.8 Å². The van der Waals surface area contributed by atoms with Crippen LogP contribution in [0.5, 0.6) is 5.75 Å². The van der Waals surface area contributed by atoms with Crippen molar-refractivity contribution in [2.75, 3.05) is 7.18 Å². The van der Waals surface area contributed by atoms with Crippen molar-refractivity contribution in [2.24, 2.45) is 10.7 Å². The molecule has 0 radical (unpaired) electrons. The fourth-order valence-electron chi connectivity index (χ4n) is 1.26. The van der Waals surface area contributed by atoms with Gasteiger partial charge in [-0.1, -0.05) is 6.07 Å². The first kappa shape index (κ1) is 19.0. The third-order valence-electron chi connectivity index (χ3n) is 2.15. The van der Waals surface area contributed by atoms with Crippen LogP contribution in [0.4, 0.5) is 4.39 Å². The summed E-state index contributed by atoms with van der Waals surface area (Å²) in [5.41, 5.74) is 6.32. The number of benzene rings is 1. The standard InChI is InChI=1S/C10H12N2OS.CH3F.2H2O/c11-10(12-6-4-5-6)9-7(13)2-1-3-8(9)14;1-2;;/h1-3,6,13-14H,4-5H2,(H2,11,12);1H3;2*1H2. The van der Waals surface area contributed by atoms with Crippen LogP contribution >= 0.6 is 12.6 Å². The van der Waals surface area contributed by atoms with Gasteiger partial charge in [-0.3, -0.25) is 9.38 Å². The van der Waals surface area contributed by atoms with Gasteiger partial charge in [-0.2, -0.15) is 0 Å². The van der Waals surface area contributed by atoms with Crippen molar-refractivity contribution in [3.63, 3.8) is 0 Å². The topological polar surface area (TPSA) is 122 Å². The zero-order valence-corrected chi connectivity index (χ0v) is 10.9. The van der Waals surface area contributed by atoms with Gasteiger partial charge in [0.25, 0.3) is 0 Å². The molecule has 1 aliphatic carbocycles. The second-order valence-electron chi connectivity index (χ2n) is 3.42. The molecule has 1 fully saturated rings. The molecule has 0 heterocycles. The first-order valence-electron chi connectivity index (χ1n) is 4.91. The number of phenols is 1. The smallest absolute Gasteiger partial charge is 0.130 e. The fourth-order valence-corrected chi connectivity index (χ4v) is 1.57. The summed E-state index contributed by atoms with van der Waals surface area (Å²) in [5.74, 6) is 0.523. The quantitative estimate of drug-likeness (QED) is 0.414. The Labute approximate surface area is 111 Å². The highest BCUT2D eigenvalue weighted by molar-refractivity contribution is 7.80. The Morgan fingerprint density at radius 2 is 1.94 bits per heavy atom. The van der Waals surface area contributed by atoms with E-state index in [9.17, 15) is 9.50 Å². The minimum Gasteiger partial charge on any atom is -0.507 e. The van der Waals surface area contributed by atoms with Gasteiger partial charge in [0.2, 0.25) is 0 Å². The van der Waals surface area contributed by atoms with E-state index in [4.69, 9.17) is 5.73 Å². The predicted molar refractivity (Wildman–Crippen MR) is 73.4 cm³/mol. The largest absolute Gasteiger partial charge is 0.507 e. The average Bonchev–Trinajstić information content (AvgIpc) is 3.04. The molecule has 0 spiro atoms. The van der Waals surface area contributed by atoms with Crippen LogP contribution in [0.2, 0.25) is 0 Å². The van der Waals surface area contributed by atoms with Crippen LogP contribution in [0.25, 0.3) is 0 Å². The zero-order valence-electron chi connectivity index (χ0n) is 10.0. The maximum Gasteiger partial charge on any atom is 0.130 e. The van der Waals surface area contributed by atoms with E-state index in [-0.39, 0.29) is 16.7 Å². The Morgan fingerprint density at radius 1 is 1.39 bits per heavy atom. The number of halogens is 1. The van der Waals surface area contributed by atoms with Crippen LogP contribution in [0.3, 0.4) is 0 Å². The van der Waals surface area contributed by atoms with Gasteiger partial charge in [-0.25, -0.2) is 0 Å². The normalized spacial score (nSPS) is 13.6. The number of alkyl halides is 1. The number of amidine groups is 1. The zero-order chi connectivity index (χ0) is 12.1. The van der Waals surface area contributed by atoms with Crippen LogP contribution in [0, 0.1) is 0 Å². The molecule has 7 heteroatoms. The predicted octanol–water partition coefficient (Wildman–Crippen LogP) is 0.485. The second kappa shape index (κ2) is 8.73. The molecule has 7 N–H and O–H groups in total. The number of nitrogens with two attached hydrogens (primary N) is 1. The molecule has 1 aromatic carbocycles. The fraction of sp³-hybridized carbons (Fsp3) is 0.364. The van der Waals surface area contributed by atoms with Crippen molar-refractivity contribution < 1.29 is 20.4 Å². The molecule has 0 unspecified atom stereocenters. The molecule has 0 saturated heterocycles.